The summed E-state index contributed by atoms with van der Waals surface area (Å²) in [6.07, 6.45) is 8.03. The van der Waals surface area contributed by atoms with Crippen molar-refractivity contribution in [1.82, 2.24) is 4.90 Å². The molecule has 0 aliphatic carbocycles. The minimum atomic E-state index is 0.215. The highest BCUT2D eigenvalue weighted by Crippen LogP contribution is 2.41. The minimum absolute atomic E-state index is 0.215. The van der Waals surface area contributed by atoms with Gasteiger partial charge in [0.05, 0.1) is 0 Å². The molecule has 1 aromatic carbocycles. The lowest BCUT2D eigenvalue weighted by Crippen LogP contribution is -2.51. The van der Waals surface area contributed by atoms with Crippen LogP contribution in [0.1, 0.15) is 64.9 Å². The normalized spacial score (nSPS) is 21.4. The van der Waals surface area contributed by atoms with E-state index in [0.29, 0.717) is 0 Å². The predicted octanol–water partition coefficient (Wildman–Crippen LogP) is 5.21. The van der Waals surface area contributed by atoms with Crippen LogP contribution in [0, 0.1) is 5.92 Å². The molecule has 2 unspecified atom stereocenters. The standard InChI is InChI=1S/C19H31N/c1-4-12-17(5-2)19(3,18-13-8-6-9-14-18)20-15-10-7-11-16-20/h6,8-9,13-14,17H,4-5,7,10-12,15-16H2,1-3H3. The Labute approximate surface area is 125 Å². The Balaban J connectivity index is 2.35. The first kappa shape index (κ1) is 15.6. The zero-order chi connectivity index (χ0) is 14.4. The molecule has 0 bridgehead atoms. The summed E-state index contributed by atoms with van der Waals surface area (Å²) < 4.78 is 0. The monoisotopic (exact) mass is 273 g/mol. The fourth-order valence-electron chi connectivity index (χ4n) is 4.04. The van der Waals surface area contributed by atoms with Crippen LogP contribution >= 0.6 is 0 Å². The van der Waals surface area contributed by atoms with Gasteiger partial charge in [0.15, 0.2) is 0 Å². The van der Waals surface area contributed by atoms with Gasteiger partial charge in [-0.25, -0.2) is 0 Å². The second kappa shape index (κ2) is 7.26. The Kier molecular flexibility index (Phi) is 5.65. The Morgan fingerprint density at radius 1 is 1.05 bits per heavy atom. The van der Waals surface area contributed by atoms with E-state index in [9.17, 15) is 0 Å². The Bertz CT molecular complexity index is 373. The lowest BCUT2D eigenvalue weighted by Gasteiger charge is -2.49. The van der Waals surface area contributed by atoms with Crippen molar-refractivity contribution < 1.29 is 0 Å². The van der Waals surface area contributed by atoms with Gasteiger partial charge in [0.1, 0.15) is 0 Å². The molecule has 1 heterocycles. The molecule has 0 N–H and O–H groups in total. The van der Waals surface area contributed by atoms with Crippen molar-refractivity contribution in [2.24, 2.45) is 5.92 Å². The van der Waals surface area contributed by atoms with Crippen LogP contribution in [0.15, 0.2) is 30.3 Å². The van der Waals surface area contributed by atoms with Crippen LogP contribution in [0.25, 0.3) is 0 Å². The number of nitrogens with zero attached hydrogens (tertiary/aromatic N) is 1. The molecule has 1 fully saturated rings. The number of piperidine rings is 1. The average Bonchev–Trinajstić information content (AvgIpc) is 2.53. The van der Waals surface area contributed by atoms with Gasteiger partial charge in [0.2, 0.25) is 0 Å². The molecule has 0 spiro atoms. The molecule has 1 heteroatoms. The summed E-state index contributed by atoms with van der Waals surface area (Å²) in [6, 6.07) is 11.2. The summed E-state index contributed by atoms with van der Waals surface area (Å²) in [6.45, 7) is 9.73. The van der Waals surface area contributed by atoms with Crippen LogP contribution < -0.4 is 0 Å². The summed E-state index contributed by atoms with van der Waals surface area (Å²) in [5.41, 5.74) is 1.73. The summed E-state index contributed by atoms with van der Waals surface area (Å²) in [7, 11) is 0. The second-order valence-electron chi connectivity index (χ2n) is 6.46. The molecular weight excluding hydrogens is 242 g/mol. The third-order valence-electron chi connectivity index (χ3n) is 5.30. The van der Waals surface area contributed by atoms with E-state index >= 15 is 0 Å². The second-order valence-corrected chi connectivity index (χ2v) is 6.46. The van der Waals surface area contributed by atoms with E-state index in [-0.39, 0.29) is 5.54 Å². The van der Waals surface area contributed by atoms with E-state index < -0.39 is 0 Å². The predicted molar refractivity (Wildman–Crippen MR) is 87.9 cm³/mol. The highest BCUT2D eigenvalue weighted by molar-refractivity contribution is 5.25. The first-order chi connectivity index (χ1) is 9.73. The third kappa shape index (κ3) is 3.09. The van der Waals surface area contributed by atoms with Crippen LogP contribution in [0.3, 0.4) is 0 Å². The topological polar surface area (TPSA) is 3.24 Å². The van der Waals surface area contributed by atoms with Crippen LogP contribution in [0.2, 0.25) is 0 Å². The number of likely N-dealkylation sites (tertiary alicyclic amines) is 1. The van der Waals surface area contributed by atoms with Gasteiger partial charge in [-0.2, -0.15) is 0 Å². The van der Waals surface area contributed by atoms with Crippen LogP contribution in [0.5, 0.6) is 0 Å². The summed E-state index contributed by atoms with van der Waals surface area (Å²) in [5, 5.41) is 0. The van der Waals surface area contributed by atoms with Crippen LogP contribution in [0.4, 0.5) is 0 Å². The van der Waals surface area contributed by atoms with Crippen molar-refractivity contribution in [3.63, 3.8) is 0 Å². The number of hydrogen-bond acceptors (Lipinski definition) is 1. The molecule has 1 aliphatic heterocycles. The van der Waals surface area contributed by atoms with Gasteiger partial charge in [-0.05, 0) is 50.8 Å². The molecule has 1 saturated heterocycles. The van der Waals surface area contributed by atoms with Gasteiger partial charge in [0.25, 0.3) is 0 Å². The van der Waals surface area contributed by atoms with E-state index in [0.717, 1.165) is 5.92 Å². The van der Waals surface area contributed by atoms with Crippen LogP contribution in [-0.2, 0) is 5.54 Å². The Morgan fingerprint density at radius 3 is 2.25 bits per heavy atom. The maximum Gasteiger partial charge on any atom is 0.0460 e. The number of hydrogen-bond donors (Lipinski definition) is 0. The maximum absolute atomic E-state index is 2.77. The zero-order valence-corrected chi connectivity index (χ0v) is 13.6. The summed E-state index contributed by atoms with van der Waals surface area (Å²) in [5.74, 6) is 0.757. The molecule has 2 atom stereocenters. The van der Waals surface area contributed by atoms with Gasteiger partial charge in [-0.1, -0.05) is 63.4 Å². The van der Waals surface area contributed by atoms with E-state index in [4.69, 9.17) is 0 Å². The smallest absolute Gasteiger partial charge is 0.0460 e. The van der Waals surface area contributed by atoms with Crippen molar-refractivity contribution in [2.45, 2.75) is 64.8 Å². The molecule has 1 nitrogen and oxygen atoms in total. The number of benzene rings is 1. The van der Waals surface area contributed by atoms with Crippen molar-refractivity contribution in [2.75, 3.05) is 13.1 Å². The fourth-order valence-corrected chi connectivity index (χ4v) is 4.04. The lowest BCUT2D eigenvalue weighted by molar-refractivity contribution is 0.0204. The van der Waals surface area contributed by atoms with Gasteiger partial charge in [0, 0.05) is 5.54 Å². The molecule has 0 radical (unpaired) electrons. The molecule has 0 saturated carbocycles. The van der Waals surface area contributed by atoms with E-state index in [1.807, 2.05) is 0 Å². The Morgan fingerprint density at radius 2 is 1.70 bits per heavy atom. The molecule has 112 valence electrons. The van der Waals surface area contributed by atoms with Gasteiger partial charge in [-0.3, -0.25) is 4.90 Å². The quantitative estimate of drug-likeness (QED) is 0.687. The lowest BCUT2D eigenvalue weighted by atomic mass is 9.74. The third-order valence-corrected chi connectivity index (χ3v) is 5.30. The van der Waals surface area contributed by atoms with Crippen molar-refractivity contribution in [1.29, 1.82) is 0 Å². The summed E-state index contributed by atoms with van der Waals surface area (Å²) in [4.78, 5) is 2.77. The molecular formula is C19H31N. The first-order valence-corrected chi connectivity index (χ1v) is 8.54. The average molecular weight is 273 g/mol. The van der Waals surface area contributed by atoms with E-state index in [1.54, 1.807) is 0 Å². The molecule has 0 aromatic heterocycles. The summed E-state index contributed by atoms with van der Waals surface area (Å²) >= 11 is 0. The van der Waals surface area contributed by atoms with Gasteiger partial charge < -0.3 is 0 Å². The maximum atomic E-state index is 2.77. The molecule has 1 aromatic rings. The zero-order valence-electron chi connectivity index (χ0n) is 13.6. The first-order valence-electron chi connectivity index (χ1n) is 8.54. The minimum Gasteiger partial charge on any atom is -0.294 e. The largest absolute Gasteiger partial charge is 0.294 e. The SMILES string of the molecule is CCCC(CC)C(C)(c1ccccc1)N1CCCCC1. The van der Waals surface area contributed by atoms with Gasteiger partial charge in [-0.15, -0.1) is 0 Å². The van der Waals surface area contributed by atoms with Gasteiger partial charge >= 0.3 is 0 Å². The van der Waals surface area contributed by atoms with Crippen LogP contribution in [-0.4, -0.2) is 18.0 Å². The highest BCUT2D eigenvalue weighted by Gasteiger charge is 2.39. The molecule has 0 amide bonds. The van der Waals surface area contributed by atoms with Crippen molar-refractivity contribution in [3.05, 3.63) is 35.9 Å². The van der Waals surface area contributed by atoms with Crippen molar-refractivity contribution >= 4 is 0 Å². The van der Waals surface area contributed by atoms with Crippen molar-refractivity contribution in [3.8, 4) is 0 Å². The molecule has 2 rings (SSSR count). The number of rotatable bonds is 6. The highest BCUT2D eigenvalue weighted by atomic mass is 15.2. The fraction of sp³-hybridized carbons (Fsp3) is 0.684. The van der Waals surface area contributed by atoms with E-state index in [1.165, 1.54) is 57.2 Å². The molecule has 20 heavy (non-hydrogen) atoms. The van der Waals surface area contributed by atoms with E-state index in [2.05, 4.69) is 56.0 Å². The molecule has 1 aliphatic rings. The Hall–Kier alpha value is -0.820.